The molecule has 1 fully saturated rings. The lowest BCUT2D eigenvalue weighted by Gasteiger charge is -2.17. The Morgan fingerprint density at radius 3 is 2.62 bits per heavy atom. The summed E-state index contributed by atoms with van der Waals surface area (Å²) in [6, 6.07) is 19.2. The highest BCUT2D eigenvalue weighted by atomic mass is 16.5. The highest BCUT2D eigenvalue weighted by molar-refractivity contribution is 5.78. The molecule has 0 bridgehead atoms. The van der Waals surface area contributed by atoms with Crippen molar-refractivity contribution < 1.29 is 9.47 Å². The van der Waals surface area contributed by atoms with E-state index < -0.39 is 0 Å². The van der Waals surface area contributed by atoms with Crippen LogP contribution in [0, 0.1) is 0 Å². The van der Waals surface area contributed by atoms with Crippen molar-refractivity contribution in [2.24, 2.45) is 0 Å². The summed E-state index contributed by atoms with van der Waals surface area (Å²) < 4.78 is 13.1. The minimum Gasteiger partial charge on any atom is -0.493 e. The van der Waals surface area contributed by atoms with Crippen LogP contribution in [0.5, 0.6) is 11.5 Å². The molecule has 2 aromatic carbocycles. The molecule has 6 heteroatoms. The van der Waals surface area contributed by atoms with Crippen LogP contribution in [0.4, 0.5) is 0 Å². The summed E-state index contributed by atoms with van der Waals surface area (Å²) in [5.74, 6) is 1.41. The first-order valence-corrected chi connectivity index (χ1v) is 11.0. The number of hydrogen-bond acceptors (Lipinski definition) is 5. The van der Waals surface area contributed by atoms with Crippen LogP contribution in [0.25, 0.3) is 22.0 Å². The molecule has 2 heterocycles. The van der Waals surface area contributed by atoms with Gasteiger partial charge in [0.05, 0.1) is 37.2 Å². The van der Waals surface area contributed by atoms with E-state index in [0.717, 1.165) is 40.6 Å². The molecule has 1 aliphatic carbocycles. The van der Waals surface area contributed by atoms with Crippen molar-refractivity contribution in [2.45, 2.75) is 38.3 Å². The highest BCUT2D eigenvalue weighted by Gasteiger charge is 2.19. The number of fused-ring (bicyclic) bond motifs is 1. The van der Waals surface area contributed by atoms with E-state index in [1.807, 2.05) is 54.6 Å². The van der Waals surface area contributed by atoms with Crippen molar-refractivity contribution in [1.82, 2.24) is 14.8 Å². The van der Waals surface area contributed by atoms with Crippen LogP contribution in [-0.2, 0) is 6.54 Å². The minimum absolute atomic E-state index is 0.175. The quantitative estimate of drug-likeness (QED) is 0.441. The monoisotopic (exact) mass is 427 g/mol. The standard InChI is InChI=1S/C26H25N3O3/c1-31-24-13-11-19(14-25(24)32-22-7-3-4-8-22)20-15-26(30)29(27-16-20)17-21-12-10-18-6-2-5-9-23(18)28-21/h2,5-6,9-16,22H,3-4,7-8,17H2,1H3. The van der Waals surface area contributed by atoms with Gasteiger partial charge in [0, 0.05) is 17.0 Å². The third-order valence-electron chi connectivity index (χ3n) is 5.93. The maximum Gasteiger partial charge on any atom is 0.267 e. The van der Waals surface area contributed by atoms with Gasteiger partial charge in [0.1, 0.15) is 0 Å². The summed E-state index contributed by atoms with van der Waals surface area (Å²) in [6.07, 6.45) is 6.45. The molecule has 32 heavy (non-hydrogen) atoms. The van der Waals surface area contributed by atoms with Crippen LogP contribution < -0.4 is 15.0 Å². The molecule has 6 nitrogen and oxygen atoms in total. The molecule has 162 valence electrons. The molecule has 2 aromatic heterocycles. The Morgan fingerprint density at radius 2 is 1.81 bits per heavy atom. The van der Waals surface area contributed by atoms with E-state index in [-0.39, 0.29) is 11.7 Å². The number of para-hydroxylation sites is 1. The fourth-order valence-electron chi connectivity index (χ4n) is 4.19. The van der Waals surface area contributed by atoms with Gasteiger partial charge in [-0.1, -0.05) is 30.3 Å². The Balaban J connectivity index is 1.40. The molecule has 0 saturated heterocycles. The van der Waals surface area contributed by atoms with E-state index in [2.05, 4.69) is 10.1 Å². The Hall–Kier alpha value is -3.67. The summed E-state index contributed by atoms with van der Waals surface area (Å²) in [7, 11) is 1.64. The maximum absolute atomic E-state index is 12.8. The number of rotatable bonds is 6. The zero-order chi connectivity index (χ0) is 21.9. The van der Waals surface area contributed by atoms with E-state index in [1.165, 1.54) is 17.5 Å². The summed E-state index contributed by atoms with van der Waals surface area (Å²) in [5.41, 5.74) is 3.15. The van der Waals surface area contributed by atoms with Gasteiger partial charge in [0.15, 0.2) is 11.5 Å². The number of nitrogens with zero attached hydrogens (tertiary/aromatic N) is 3. The minimum atomic E-state index is -0.175. The Labute approximate surface area is 186 Å². The van der Waals surface area contributed by atoms with Gasteiger partial charge in [-0.25, -0.2) is 4.68 Å². The van der Waals surface area contributed by atoms with Gasteiger partial charge in [0.25, 0.3) is 5.56 Å². The molecule has 0 spiro atoms. The molecule has 0 amide bonds. The van der Waals surface area contributed by atoms with Crippen molar-refractivity contribution >= 4 is 10.9 Å². The zero-order valence-corrected chi connectivity index (χ0v) is 18.0. The molecule has 5 rings (SSSR count). The third kappa shape index (κ3) is 4.21. The summed E-state index contributed by atoms with van der Waals surface area (Å²) in [6.45, 7) is 0.322. The average molecular weight is 428 g/mol. The molecule has 0 radical (unpaired) electrons. The number of ether oxygens (including phenoxy) is 2. The second kappa shape index (κ2) is 8.83. The maximum atomic E-state index is 12.8. The second-order valence-electron chi connectivity index (χ2n) is 8.13. The molecular weight excluding hydrogens is 402 g/mol. The topological polar surface area (TPSA) is 66.2 Å². The van der Waals surface area contributed by atoms with Gasteiger partial charge in [0.2, 0.25) is 0 Å². The lowest BCUT2D eigenvalue weighted by molar-refractivity contribution is 0.201. The average Bonchev–Trinajstić information content (AvgIpc) is 3.33. The molecule has 0 atom stereocenters. The molecule has 4 aromatic rings. The molecule has 0 aliphatic heterocycles. The number of benzene rings is 2. The van der Waals surface area contributed by atoms with E-state index in [1.54, 1.807) is 19.4 Å². The van der Waals surface area contributed by atoms with E-state index in [0.29, 0.717) is 18.0 Å². The number of methoxy groups -OCH3 is 1. The molecule has 0 N–H and O–H groups in total. The molecule has 1 aliphatic rings. The first kappa shape index (κ1) is 20.2. The van der Waals surface area contributed by atoms with E-state index >= 15 is 0 Å². The van der Waals surface area contributed by atoms with Crippen molar-refractivity contribution in [3.05, 3.63) is 82.9 Å². The Morgan fingerprint density at radius 1 is 0.969 bits per heavy atom. The second-order valence-corrected chi connectivity index (χ2v) is 8.13. The van der Waals surface area contributed by atoms with Gasteiger partial charge < -0.3 is 9.47 Å². The fourth-order valence-corrected chi connectivity index (χ4v) is 4.19. The molecule has 1 saturated carbocycles. The van der Waals surface area contributed by atoms with Crippen LogP contribution in [0.3, 0.4) is 0 Å². The fraction of sp³-hybridized carbons (Fsp3) is 0.269. The van der Waals surface area contributed by atoms with Gasteiger partial charge in [-0.3, -0.25) is 9.78 Å². The van der Waals surface area contributed by atoms with Crippen molar-refractivity contribution in [3.8, 4) is 22.6 Å². The van der Waals surface area contributed by atoms with Gasteiger partial charge in [-0.2, -0.15) is 5.10 Å². The Bertz CT molecular complexity index is 1310. The van der Waals surface area contributed by atoms with Crippen molar-refractivity contribution in [3.63, 3.8) is 0 Å². The number of aromatic nitrogens is 3. The number of pyridine rings is 1. The van der Waals surface area contributed by atoms with Crippen LogP contribution in [0.1, 0.15) is 31.4 Å². The smallest absolute Gasteiger partial charge is 0.267 e. The Kier molecular flexibility index (Phi) is 5.58. The van der Waals surface area contributed by atoms with Crippen LogP contribution in [0.2, 0.25) is 0 Å². The predicted molar refractivity (Wildman–Crippen MR) is 124 cm³/mol. The first-order chi connectivity index (χ1) is 15.7. The summed E-state index contributed by atoms with van der Waals surface area (Å²) >= 11 is 0. The van der Waals surface area contributed by atoms with E-state index in [9.17, 15) is 4.79 Å². The normalized spacial score (nSPS) is 14.0. The largest absolute Gasteiger partial charge is 0.493 e. The summed E-state index contributed by atoms with van der Waals surface area (Å²) in [4.78, 5) is 17.4. The zero-order valence-electron chi connectivity index (χ0n) is 18.0. The first-order valence-electron chi connectivity index (χ1n) is 11.0. The SMILES string of the molecule is COc1ccc(-c2cnn(Cc3ccc4ccccc4n3)c(=O)c2)cc1OC1CCCC1. The predicted octanol–water partition coefficient (Wildman–Crippen LogP) is 4.84. The lowest BCUT2D eigenvalue weighted by atomic mass is 10.1. The molecule has 0 unspecified atom stereocenters. The van der Waals surface area contributed by atoms with Crippen molar-refractivity contribution in [1.29, 1.82) is 0 Å². The molecular formula is C26H25N3O3. The number of hydrogen-bond donors (Lipinski definition) is 0. The van der Waals surface area contributed by atoms with Gasteiger partial charge in [-0.05, 0) is 55.5 Å². The lowest BCUT2D eigenvalue weighted by Crippen LogP contribution is -2.23. The van der Waals surface area contributed by atoms with Gasteiger partial charge in [-0.15, -0.1) is 0 Å². The van der Waals surface area contributed by atoms with Crippen molar-refractivity contribution in [2.75, 3.05) is 7.11 Å². The van der Waals surface area contributed by atoms with Gasteiger partial charge >= 0.3 is 0 Å². The highest BCUT2D eigenvalue weighted by Crippen LogP contribution is 2.35. The van der Waals surface area contributed by atoms with E-state index in [4.69, 9.17) is 9.47 Å². The third-order valence-corrected chi connectivity index (χ3v) is 5.93. The summed E-state index contributed by atoms with van der Waals surface area (Å²) in [5, 5.41) is 5.47. The van der Waals surface area contributed by atoms with Crippen LogP contribution in [0.15, 0.2) is 71.7 Å². The van der Waals surface area contributed by atoms with Crippen LogP contribution >= 0.6 is 0 Å². The van der Waals surface area contributed by atoms with Crippen LogP contribution in [-0.4, -0.2) is 28.0 Å².